The molecule has 1 saturated carbocycles. The van der Waals surface area contributed by atoms with Gasteiger partial charge in [-0.15, -0.1) is 0 Å². The molecule has 0 spiro atoms. The molecule has 2 fully saturated rings. The fourth-order valence-corrected chi connectivity index (χ4v) is 3.37. The second-order valence-corrected chi connectivity index (χ2v) is 6.82. The van der Waals surface area contributed by atoms with Crippen molar-refractivity contribution in [3.05, 3.63) is 29.8 Å². The van der Waals surface area contributed by atoms with E-state index in [2.05, 4.69) is 5.32 Å². The Hall–Kier alpha value is -2.04. The molecular formula is C19H26N2O3. The largest absolute Gasteiger partial charge is 0.497 e. The summed E-state index contributed by atoms with van der Waals surface area (Å²) >= 11 is 0. The van der Waals surface area contributed by atoms with Crippen LogP contribution in [0, 0.1) is 5.92 Å². The SMILES string of the molecule is COc1ccc(CC(=O)NC2CCN(C(=O)C3CCC3)CC2)cc1. The van der Waals surface area contributed by atoms with Gasteiger partial charge in [-0.2, -0.15) is 0 Å². The van der Waals surface area contributed by atoms with Gasteiger partial charge in [0.2, 0.25) is 11.8 Å². The van der Waals surface area contributed by atoms with E-state index in [4.69, 9.17) is 4.74 Å². The molecule has 0 aromatic heterocycles. The molecular weight excluding hydrogens is 304 g/mol. The number of hydrogen-bond donors (Lipinski definition) is 1. The monoisotopic (exact) mass is 330 g/mol. The summed E-state index contributed by atoms with van der Waals surface area (Å²) < 4.78 is 5.12. The summed E-state index contributed by atoms with van der Waals surface area (Å²) in [5, 5.41) is 3.10. The summed E-state index contributed by atoms with van der Waals surface area (Å²) in [5.41, 5.74) is 0.978. The predicted octanol–water partition coefficient (Wildman–Crippen LogP) is 2.14. The topological polar surface area (TPSA) is 58.6 Å². The van der Waals surface area contributed by atoms with E-state index >= 15 is 0 Å². The number of ether oxygens (including phenoxy) is 1. The van der Waals surface area contributed by atoms with Crippen molar-refractivity contribution in [3.63, 3.8) is 0 Å². The van der Waals surface area contributed by atoms with Crippen LogP contribution in [0.4, 0.5) is 0 Å². The van der Waals surface area contributed by atoms with Crippen LogP contribution in [0.3, 0.4) is 0 Å². The molecule has 0 radical (unpaired) electrons. The lowest BCUT2D eigenvalue weighted by Crippen LogP contribution is -2.49. The number of methoxy groups -OCH3 is 1. The molecule has 1 aliphatic heterocycles. The van der Waals surface area contributed by atoms with E-state index in [1.165, 1.54) is 6.42 Å². The number of amides is 2. The highest BCUT2D eigenvalue weighted by Gasteiger charge is 2.31. The van der Waals surface area contributed by atoms with Crippen LogP contribution in [-0.2, 0) is 16.0 Å². The van der Waals surface area contributed by atoms with Gasteiger partial charge >= 0.3 is 0 Å². The molecule has 5 nitrogen and oxygen atoms in total. The third kappa shape index (κ3) is 4.08. The van der Waals surface area contributed by atoms with Gasteiger partial charge in [0, 0.05) is 25.0 Å². The highest BCUT2D eigenvalue weighted by atomic mass is 16.5. The summed E-state index contributed by atoms with van der Waals surface area (Å²) in [5.74, 6) is 1.43. The highest BCUT2D eigenvalue weighted by molar-refractivity contribution is 5.80. The minimum Gasteiger partial charge on any atom is -0.497 e. The molecule has 1 heterocycles. The molecule has 1 aromatic carbocycles. The normalized spacial score (nSPS) is 18.8. The Morgan fingerprint density at radius 2 is 1.79 bits per heavy atom. The Labute approximate surface area is 143 Å². The molecule has 1 aliphatic carbocycles. The average Bonchev–Trinajstić information content (AvgIpc) is 2.54. The van der Waals surface area contributed by atoms with E-state index in [0.717, 1.165) is 50.1 Å². The number of nitrogens with one attached hydrogen (secondary N) is 1. The maximum Gasteiger partial charge on any atom is 0.225 e. The maximum atomic E-state index is 12.2. The summed E-state index contributed by atoms with van der Waals surface area (Å²) in [7, 11) is 1.63. The van der Waals surface area contributed by atoms with Crippen LogP contribution >= 0.6 is 0 Å². The van der Waals surface area contributed by atoms with Gasteiger partial charge in [0.1, 0.15) is 5.75 Å². The van der Waals surface area contributed by atoms with E-state index in [-0.39, 0.29) is 17.9 Å². The van der Waals surface area contributed by atoms with Crippen LogP contribution in [0.25, 0.3) is 0 Å². The molecule has 130 valence electrons. The lowest BCUT2D eigenvalue weighted by Gasteiger charge is -2.36. The Kier molecular flexibility index (Phi) is 5.38. The average molecular weight is 330 g/mol. The van der Waals surface area contributed by atoms with Crippen molar-refractivity contribution in [3.8, 4) is 5.75 Å². The number of piperidine rings is 1. The first-order chi connectivity index (χ1) is 11.7. The van der Waals surface area contributed by atoms with Crippen molar-refractivity contribution in [2.75, 3.05) is 20.2 Å². The molecule has 0 bridgehead atoms. The number of benzene rings is 1. The molecule has 2 aliphatic rings. The Balaban J connectivity index is 1.41. The van der Waals surface area contributed by atoms with Crippen LogP contribution in [0.5, 0.6) is 5.75 Å². The lowest BCUT2D eigenvalue weighted by molar-refractivity contribution is -0.139. The highest BCUT2D eigenvalue weighted by Crippen LogP contribution is 2.29. The van der Waals surface area contributed by atoms with Crippen LogP contribution in [-0.4, -0.2) is 43.0 Å². The molecule has 24 heavy (non-hydrogen) atoms. The zero-order chi connectivity index (χ0) is 16.9. The van der Waals surface area contributed by atoms with Crippen molar-refractivity contribution >= 4 is 11.8 Å². The number of likely N-dealkylation sites (tertiary alicyclic amines) is 1. The van der Waals surface area contributed by atoms with Crippen molar-refractivity contribution in [2.45, 2.75) is 44.6 Å². The first kappa shape index (κ1) is 16.8. The van der Waals surface area contributed by atoms with Gasteiger partial charge in [-0.05, 0) is 43.4 Å². The Morgan fingerprint density at radius 3 is 2.33 bits per heavy atom. The minimum atomic E-state index is 0.0453. The van der Waals surface area contributed by atoms with Crippen LogP contribution in [0.15, 0.2) is 24.3 Å². The van der Waals surface area contributed by atoms with Crippen molar-refractivity contribution < 1.29 is 14.3 Å². The van der Waals surface area contributed by atoms with Crippen LogP contribution in [0.1, 0.15) is 37.7 Å². The summed E-state index contributed by atoms with van der Waals surface area (Å²) in [6, 6.07) is 7.75. The predicted molar refractivity (Wildman–Crippen MR) is 91.8 cm³/mol. The minimum absolute atomic E-state index is 0.0453. The standard InChI is InChI=1S/C19H26N2O3/c1-24-17-7-5-14(6-8-17)13-18(22)20-16-9-11-21(12-10-16)19(23)15-3-2-4-15/h5-8,15-16H,2-4,9-13H2,1H3,(H,20,22). The molecule has 5 heteroatoms. The summed E-state index contributed by atoms with van der Waals surface area (Å²) in [4.78, 5) is 26.4. The fourth-order valence-electron chi connectivity index (χ4n) is 3.37. The van der Waals surface area contributed by atoms with Gasteiger partial charge in [-0.3, -0.25) is 9.59 Å². The van der Waals surface area contributed by atoms with Gasteiger partial charge in [0.15, 0.2) is 0 Å². The van der Waals surface area contributed by atoms with Crippen LogP contribution in [0.2, 0.25) is 0 Å². The third-order valence-corrected chi connectivity index (χ3v) is 5.15. The molecule has 2 amide bonds. The first-order valence-corrected chi connectivity index (χ1v) is 8.87. The quantitative estimate of drug-likeness (QED) is 0.900. The Bertz CT molecular complexity index is 573. The van der Waals surface area contributed by atoms with E-state index in [9.17, 15) is 9.59 Å². The van der Waals surface area contributed by atoms with Gasteiger partial charge in [-0.1, -0.05) is 18.6 Å². The number of rotatable bonds is 5. The van der Waals surface area contributed by atoms with Gasteiger partial charge < -0.3 is 15.0 Å². The number of nitrogens with zero attached hydrogens (tertiary/aromatic N) is 1. The third-order valence-electron chi connectivity index (χ3n) is 5.15. The van der Waals surface area contributed by atoms with Crippen LogP contribution < -0.4 is 10.1 Å². The van der Waals surface area contributed by atoms with Gasteiger partial charge in [0.05, 0.1) is 13.5 Å². The van der Waals surface area contributed by atoms with E-state index in [1.807, 2.05) is 29.2 Å². The molecule has 0 atom stereocenters. The van der Waals surface area contributed by atoms with Crippen molar-refractivity contribution in [2.24, 2.45) is 5.92 Å². The molecule has 0 unspecified atom stereocenters. The smallest absolute Gasteiger partial charge is 0.225 e. The molecule has 1 saturated heterocycles. The molecule has 1 N–H and O–H groups in total. The Morgan fingerprint density at radius 1 is 1.12 bits per heavy atom. The molecule has 3 rings (SSSR count). The zero-order valence-corrected chi connectivity index (χ0v) is 14.3. The van der Waals surface area contributed by atoms with E-state index in [1.54, 1.807) is 7.11 Å². The van der Waals surface area contributed by atoms with E-state index < -0.39 is 0 Å². The van der Waals surface area contributed by atoms with Crippen molar-refractivity contribution in [1.82, 2.24) is 10.2 Å². The first-order valence-electron chi connectivity index (χ1n) is 8.87. The molecule has 1 aromatic rings. The summed E-state index contributed by atoms with van der Waals surface area (Å²) in [6.07, 6.45) is 5.38. The van der Waals surface area contributed by atoms with Crippen molar-refractivity contribution in [1.29, 1.82) is 0 Å². The lowest BCUT2D eigenvalue weighted by atomic mass is 9.84. The summed E-state index contributed by atoms with van der Waals surface area (Å²) in [6.45, 7) is 1.53. The number of carbonyl (C=O) groups excluding carboxylic acids is 2. The zero-order valence-electron chi connectivity index (χ0n) is 14.3. The van der Waals surface area contributed by atoms with Gasteiger partial charge in [0.25, 0.3) is 0 Å². The maximum absolute atomic E-state index is 12.2. The second-order valence-electron chi connectivity index (χ2n) is 6.82. The van der Waals surface area contributed by atoms with E-state index in [0.29, 0.717) is 12.3 Å². The van der Waals surface area contributed by atoms with Gasteiger partial charge in [-0.25, -0.2) is 0 Å². The number of carbonyl (C=O) groups is 2. The second kappa shape index (κ2) is 7.69. The fraction of sp³-hybridized carbons (Fsp3) is 0.579. The number of hydrogen-bond acceptors (Lipinski definition) is 3.